The van der Waals surface area contributed by atoms with Crippen LogP contribution in [0.1, 0.15) is 68.8 Å². The van der Waals surface area contributed by atoms with E-state index in [-0.39, 0.29) is 16.9 Å². The van der Waals surface area contributed by atoms with Crippen molar-refractivity contribution in [2.24, 2.45) is 0 Å². The number of hydrogen-bond donors (Lipinski definition) is 1. The van der Waals surface area contributed by atoms with Crippen LogP contribution in [0.2, 0.25) is 0 Å². The molecular formula is C23H31N3O2. The number of nitrogens with one attached hydrogen (secondary N) is 1. The van der Waals surface area contributed by atoms with Crippen LogP contribution in [0, 0.1) is 6.92 Å². The highest BCUT2D eigenvalue weighted by Gasteiger charge is 2.44. The highest BCUT2D eigenvalue weighted by Crippen LogP contribution is 2.45. The van der Waals surface area contributed by atoms with Crippen molar-refractivity contribution in [3.05, 3.63) is 53.6 Å². The summed E-state index contributed by atoms with van der Waals surface area (Å²) in [7, 11) is 0. The Balaban J connectivity index is 1.51. The van der Waals surface area contributed by atoms with Gasteiger partial charge in [0.1, 0.15) is 0 Å². The van der Waals surface area contributed by atoms with E-state index in [4.69, 9.17) is 4.74 Å². The maximum absolute atomic E-state index is 13.0. The number of amides is 1. The molecule has 5 heteroatoms. The van der Waals surface area contributed by atoms with Gasteiger partial charge in [0.05, 0.1) is 24.2 Å². The number of rotatable bonds is 6. The summed E-state index contributed by atoms with van der Waals surface area (Å²) in [6.45, 7) is 7.63. The molecule has 1 unspecified atom stereocenters. The van der Waals surface area contributed by atoms with E-state index < -0.39 is 0 Å². The number of imidazole rings is 1. The van der Waals surface area contributed by atoms with E-state index in [1.165, 1.54) is 24.0 Å². The largest absolute Gasteiger partial charge is 0.376 e. The number of carbonyl (C=O) groups excluding carboxylic acids is 1. The number of nitrogens with zero attached hydrogens (tertiary/aromatic N) is 2. The summed E-state index contributed by atoms with van der Waals surface area (Å²) in [6.07, 6.45) is 8.38. The molecule has 4 rings (SSSR count). The molecule has 2 fully saturated rings. The van der Waals surface area contributed by atoms with Gasteiger partial charge in [-0.3, -0.25) is 4.79 Å². The molecule has 5 nitrogen and oxygen atoms in total. The van der Waals surface area contributed by atoms with Crippen molar-refractivity contribution in [3.63, 3.8) is 0 Å². The molecule has 28 heavy (non-hydrogen) atoms. The van der Waals surface area contributed by atoms with Crippen LogP contribution >= 0.6 is 0 Å². The lowest BCUT2D eigenvalue weighted by Gasteiger charge is -2.45. The Kier molecular flexibility index (Phi) is 5.04. The van der Waals surface area contributed by atoms with Crippen molar-refractivity contribution in [2.75, 3.05) is 6.61 Å². The molecule has 1 aromatic carbocycles. The van der Waals surface area contributed by atoms with Gasteiger partial charge in [0, 0.05) is 30.7 Å². The fourth-order valence-electron chi connectivity index (χ4n) is 4.83. The monoisotopic (exact) mass is 381 g/mol. The molecule has 0 bridgehead atoms. The van der Waals surface area contributed by atoms with Crippen molar-refractivity contribution >= 4 is 5.91 Å². The molecular weight excluding hydrogens is 350 g/mol. The Morgan fingerprint density at radius 1 is 1.32 bits per heavy atom. The minimum Gasteiger partial charge on any atom is -0.376 e. The predicted octanol–water partition coefficient (Wildman–Crippen LogP) is 4.06. The Morgan fingerprint density at radius 2 is 2.11 bits per heavy atom. The van der Waals surface area contributed by atoms with Gasteiger partial charge >= 0.3 is 0 Å². The zero-order chi connectivity index (χ0) is 19.8. The first kappa shape index (κ1) is 19.2. The topological polar surface area (TPSA) is 56.2 Å². The second-order valence-corrected chi connectivity index (χ2v) is 9.11. The third-order valence-electron chi connectivity index (χ3n) is 6.21. The fourth-order valence-corrected chi connectivity index (χ4v) is 4.83. The molecule has 0 radical (unpaired) electrons. The number of ether oxygens (including phenoxy) is 1. The van der Waals surface area contributed by atoms with E-state index in [1.807, 2.05) is 12.5 Å². The maximum atomic E-state index is 13.0. The van der Waals surface area contributed by atoms with Crippen molar-refractivity contribution in [2.45, 2.75) is 76.5 Å². The van der Waals surface area contributed by atoms with Gasteiger partial charge < -0.3 is 14.6 Å². The highest BCUT2D eigenvalue weighted by molar-refractivity contribution is 5.77. The number of hydrogen-bond acceptors (Lipinski definition) is 3. The molecule has 1 amide bonds. The number of aryl methyl sites for hydroxylation is 1. The van der Waals surface area contributed by atoms with Gasteiger partial charge in [-0.05, 0) is 57.6 Å². The average molecular weight is 382 g/mol. The van der Waals surface area contributed by atoms with Crippen LogP contribution in [0.15, 0.2) is 36.8 Å². The Bertz CT molecular complexity index is 853. The van der Waals surface area contributed by atoms with Crippen molar-refractivity contribution in [1.29, 1.82) is 0 Å². The molecule has 1 N–H and O–H groups in total. The summed E-state index contributed by atoms with van der Waals surface area (Å²) in [5.74, 6) is 0.101. The molecule has 1 atom stereocenters. The summed E-state index contributed by atoms with van der Waals surface area (Å²) >= 11 is 0. The van der Waals surface area contributed by atoms with E-state index in [0.717, 1.165) is 18.5 Å². The van der Waals surface area contributed by atoms with Crippen molar-refractivity contribution < 1.29 is 9.53 Å². The zero-order valence-corrected chi connectivity index (χ0v) is 17.2. The quantitative estimate of drug-likeness (QED) is 0.821. The van der Waals surface area contributed by atoms with Crippen molar-refractivity contribution in [1.82, 2.24) is 14.9 Å². The van der Waals surface area contributed by atoms with Gasteiger partial charge in [0.25, 0.3) is 0 Å². The van der Waals surface area contributed by atoms with Crippen molar-refractivity contribution in [3.8, 4) is 0 Å². The van der Waals surface area contributed by atoms with E-state index in [9.17, 15) is 4.79 Å². The number of aromatic nitrogens is 2. The first-order valence-electron chi connectivity index (χ1n) is 10.4. The van der Waals surface area contributed by atoms with Crippen LogP contribution in [0.3, 0.4) is 0 Å². The molecule has 2 heterocycles. The first-order valence-corrected chi connectivity index (χ1v) is 10.4. The molecule has 1 aromatic heterocycles. The lowest BCUT2D eigenvalue weighted by Crippen LogP contribution is -2.46. The van der Waals surface area contributed by atoms with Crippen LogP contribution in [0.4, 0.5) is 0 Å². The fraction of sp³-hybridized carbons (Fsp3) is 0.565. The van der Waals surface area contributed by atoms with Crippen LogP contribution < -0.4 is 5.32 Å². The van der Waals surface area contributed by atoms with Gasteiger partial charge in [-0.15, -0.1) is 0 Å². The molecule has 2 aromatic rings. The molecule has 150 valence electrons. The molecule has 1 aliphatic heterocycles. The molecule has 1 saturated heterocycles. The third-order valence-corrected chi connectivity index (χ3v) is 6.21. The second kappa shape index (κ2) is 7.36. The van der Waals surface area contributed by atoms with Crippen LogP contribution in [0.5, 0.6) is 0 Å². The maximum Gasteiger partial charge on any atom is 0.221 e. The van der Waals surface area contributed by atoms with Crippen LogP contribution in [0.25, 0.3) is 0 Å². The van der Waals surface area contributed by atoms with Gasteiger partial charge in [-0.1, -0.05) is 24.3 Å². The molecule has 1 saturated carbocycles. The van der Waals surface area contributed by atoms with Gasteiger partial charge in [-0.25, -0.2) is 4.98 Å². The van der Waals surface area contributed by atoms with Gasteiger partial charge in [-0.2, -0.15) is 0 Å². The number of carbonyl (C=O) groups is 1. The van der Waals surface area contributed by atoms with E-state index >= 15 is 0 Å². The lowest BCUT2D eigenvalue weighted by atomic mass is 9.66. The van der Waals surface area contributed by atoms with Crippen LogP contribution in [-0.4, -0.2) is 27.7 Å². The van der Waals surface area contributed by atoms with E-state index in [2.05, 4.69) is 59.9 Å². The summed E-state index contributed by atoms with van der Waals surface area (Å²) in [4.78, 5) is 17.3. The SMILES string of the molecule is Cc1ccccc1C1(CC(=O)NCc2cncn2C2CC2)CCOC(C)(C)C1. The number of benzene rings is 1. The van der Waals surface area contributed by atoms with Gasteiger partial charge in [0.2, 0.25) is 5.91 Å². The summed E-state index contributed by atoms with van der Waals surface area (Å²) in [5.41, 5.74) is 3.21. The van der Waals surface area contributed by atoms with E-state index in [1.54, 1.807) is 0 Å². The van der Waals surface area contributed by atoms with Crippen LogP contribution in [-0.2, 0) is 21.5 Å². The summed E-state index contributed by atoms with van der Waals surface area (Å²) in [5, 5.41) is 3.16. The smallest absolute Gasteiger partial charge is 0.221 e. The zero-order valence-electron chi connectivity index (χ0n) is 17.2. The minimum atomic E-state index is -0.231. The molecule has 0 spiro atoms. The third kappa shape index (κ3) is 4.00. The van der Waals surface area contributed by atoms with E-state index in [0.29, 0.717) is 25.6 Å². The molecule has 1 aliphatic carbocycles. The second-order valence-electron chi connectivity index (χ2n) is 9.11. The average Bonchev–Trinajstić information content (AvgIpc) is 3.37. The Morgan fingerprint density at radius 3 is 2.82 bits per heavy atom. The lowest BCUT2D eigenvalue weighted by molar-refractivity contribution is -0.126. The predicted molar refractivity (Wildman–Crippen MR) is 109 cm³/mol. The highest BCUT2D eigenvalue weighted by atomic mass is 16.5. The first-order chi connectivity index (χ1) is 13.4. The summed E-state index contributed by atoms with van der Waals surface area (Å²) < 4.78 is 8.19. The van der Waals surface area contributed by atoms with Gasteiger partial charge in [0.15, 0.2) is 0 Å². The Hall–Kier alpha value is -2.14. The molecule has 2 aliphatic rings. The minimum absolute atomic E-state index is 0.101. The summed E-state index contributed by atoms with van der Waals surface area (Å²) in [6, 6.07) is 9.05. The Labute approximate surface area is 167 Å². The standard InChI is InChI=1S/C23H31N3O2/c1-17-6-4-5-7-20(17)23(10-11-28-22(2,3)15-23)12-21(27)25-14-19-13-24-16-26(19)18-8-9-18/h4-7,13,16,18H,8-12,14-15H2,1-3H3,(H,25,27). The normalized spacial score (nSPS) is 24.1.